The zero-order valence-electron chi connectivity index (χ0n) is 13.8. The lowest BCUT2D eigenvalue weighted by Crippen LogP contribution is -2.27. The molecule has 2 aromatic rings. The maximum Gasteiger partial charge on any atom is 0.261 e. The van der Waals surface area contributed by atoms with Crippen LogP contribution in [0.5, 0.6) is 0 Å². The van der Waals surface area contributed by atoms with Gasteiger partial charge in [-0.15, -0.1) is 0 Å². The summed E-state index contributed by atoms with van der Waals surface area (Å²) >= 11 is 5.93. The van der Waals surface area contributed by atoms with Crippen molar-refractivity contribution in [1.82, 2.24) is 4.90 Å². The van der Waals surface area contributed by atoms with Crippen LogP contribution in [0.3, 0.4) is 0 Å². The molecule has 132 valence electrons. The van der Waals surface area contributed by atoms with Crippen molar-refractivity contribution in [3.8, 4) is 0 Å². The zero-order chi connectivity index (χ0) is 18.0. The van der Waals surface area contributed by atoms with Crippen LogP contribution in [-0.4, -0.2) is 32.3 Å². The van der Waals surface area contributed by atoms with Gasteiger partial charge in [-0.25, -0.2) is 8.42 Å². The number of sulfonamides is 1. The van der Waals surface area contributed by atoms with E-state index in [1.807, 2.05) is 0 Å². The van der Waals surface area contributed by atoms with Crippen molar-refractivity contribution < 1.29 is 13.2 Å². The van der Waals surface area contributed by atoms with Crippen LogP contribution in [0.4, 0.5) is 5.69 Å². The lowest BCUT2D eigenvalue weighted by molar-refractivity contribution is 0.0792. The number of hydrogen-bond acceptors (Lipinski definition) is 3. The highest BCUT2D eigenvalue weighted by Gasteiger charge is 2.21. The van der Waals surface area contributed by atoms with E-state index in [0.29, 0.717) is 16.3 Å². The second kappa shape index (κ2) is 7.06. The van der Waals surface area contributed by atoms with Crippen molar-refractivity contribution >= 4 is 33.2 Å². The van der Waals surface area contributed by atoms with Crippen molar-refractivity contribution in [2.75, 3.05) is 17.8 Å². The molecule has 0 aromatic heterocycles. The van der Waals surface area contributed by atoms with Gasteiger partial charge in [0.25, 0.3) is 15.9 Å². The van der Waals surface area contributed by atoms with Gasteiger partial charge in [0.1, 0.15) is 0 Å². The Morgan fingerprint density at radius 1 is 1.08 bits per heavy atom. The molecule has 0 saturated carbocycles. The second-order valence-corrected chi connectivity index (χ2v) is 8.21. The number of carbonyl (C=O) groups is 1. The molecule has 1 heterocycles. The predicted octanol–water partition coefficient (Wildman–Crippen LogP) is 3.69. The first-order chi connectivity index (χ1) is 11.9. The molecule has 1 aliphatic rings. The SMILES string of the molecule is Cc1ccc(Cl)cc1NS(=O)(=O)c1ccc(C(=O)N2CCCC2)cc1. The van der Waals surface area contributed by atoms with Crippen LogP contribution in [-0.2, 0) is 10.0 Å². The molecule has 0 bridgehead atoms. The molecule has 2 aromatic carbocycles. The number of hydrogen-bond donors (Lipinski definition) is 1. The molecule has 1 saturated heterocycles. The summed E-state index contributed by atoms with van der Waals surface area (Å²) in [4.78, 5) is 14.2. The number of amides is 1. The first-order valence-electron chi connectivity index (χ1n) is 8.05. The van der Waals surface area contributed by atoms with Crippen LogP contribution in [0.2, 0.25) is 5.02 Å². The van der Waals surface area contributed by atoms with Crippen LogP contribution >= 0.6 is 11.6 Å². The lowest BCUT2D eigenvalue weighted by atomic mass is 10.2. The van der Waals surface area contributed by atoms with Crippen LogP contribution in [0.15, 0.2) is 47.4 Å². The van der Waals surface area contributed by atoms with Crippen molar-refractivity contribution in [2.45, 2.75) is 24.7 Å². The van der Waals surface area contributed by atoms with Crippen LogP contribution in [0.1, 0.15) is 28.8 Å². The number of rotatable bonds is 4. The fourth-order valence-electron chi connectivity index (χ4n) is 2.79. The first-order valence-corrected chi connectivity index (χ1v) is 9.91. The molecule has 0 unspecified atom stereocenters. The maximum atomic E-state index is 12.6. The largest absolute Gasteiger partial charge is 0.339 e. The monoisotopic (exact) mass is 378 g/mol. The maximum absolute atomic E-state index is 12.6. The minimum absolute atomic E-state index is 0.0555. The molecule has 0 spiro atoms. The second-order valence-electron chi connectivity index (χ2n) is 6.09. The highest BCUT2D eigenvalue weighted by atomic mass is 35.5. The summed E-state index contributed by atoms with van der Waals surface area (Å²) < 4.78 is 27.6. The number of nitrogens with one attached hydrogen (secondary N) is 1. The quantitative estimate of drug-likeness (QED) is 0.882. The van der Waals surface area contributed by atoms with E-state index in [-0.39, 0.29) is 10.8 Å². The van der Waals surface area contributed by atoms with Gasteiger partial charge in [0.05, 0.1) is 10.6 Å². The third-order valence-corrected chi connectivity index (χ3v) is 5.87. The van der Waals surface area contributed by atoms with Gasteiger partial charge < -0.3 is 4.90 Å². The minimum atomic E-state index is -3.75. The summed E-state index contributed by atoms with van der Waals surface area (Å²) in [6.45, 7) is 3.31. The van der Waals surface area contributed by atoms with E-state index in [9.17, 15) is 13.2 Å². The Morgan fingerprint density at radius 2 is 1.72 bits per heavy atom. The summed E-state index contributed by atoms with van der Waals surface area (Å²) in [6.07, 6.45) is 2.03. The Labute approximate surface area is 152 Å². The van der Waals surface area contributed by atoms with Crippen molar-refractivity contribution in [3.05, 3.63) is 58.6 Å². The topological polar surface area (TPSA) is 66.5 Å². The third-order valence-electron chi connectivity index (χ3n) is 4.25. The number of anilines is 1. The van der Waals surface area contributed by atoms with Gasteiger partial charge in [0, 0.05) is 23.7 Å². The Balaban J connectivity index is 1.80. The van der Waals surface area contributed by atoms with Crippen molar-refractivity contribution in [3.63, 3.8) is 0 Å². The number of benzene rings is 2. The average molecular weight is 379 g/mol. The van der Waals surface area contributed by atoms with Gasteiger partial charge in [-0.3, -0.25) is 9.52 Å². The highest BCUT2D eigenvalue weighted by Crippen LogP contribution is 2.24. The molecule has 1 fully saturated rings. The van der Waals surface area contributed by atoms with E-state index in [4.69, 9.17) is 11.6 Å². The molecule has 5 nitrogen and oxygen atoms in total. The number of aryl methyl sites for hydroxylation is 1. The number of halogens is 1. The molecular weight excluding hydrogens is 360 g/mol. The van der Waals surface area contributed by atoms with Gasteiger partial charge in [0.15, 0.2) is 0 Å². The van der Waals surface area contributed by atoms with Gasteiger partial charge in [0.2, 0.25) is 0 Å². The summed E-state index contributed by atoms with van der Waals surface area (Å²) in [7, 11) is -3.75. The summed E-state index contributed by atoms with van der Waals surface area (Å²) in [5.74, 6) is -0.0555. The molecule has 1 amide bonds. The predicted molar refractivity (Wildman–Crippen MR) is 98.6 cm³/mol. The molecule has 1 aliphatic heterocycles. The van der Waals surface area contributed by atoms with Crippen LogP contribution < -0.4 is 4.72 Å². The van der Waals surface area contributed by atoms with Gasteiger partial charge >= 0.3 is 0 Å². The normalized spacial score (nSPS) is 14.6. The number of likely N-dealkylation sites (tertiary alicyclic amines) is 1. The third kappa shape index (κ3) is 3.96. The van der Waals surface area contributed by atoms with E-state index in [1.54, 1.807) is 42.2 Å². The zero-order valence-corrected chi connectivity index (χ0v) is 15.4. The van der Waals surface area contributed by atoms with E-state index >= 15 is 0 Å². The van der Waals surface area contributed by atoms with Crippen LogP contribution in [0, 0.1) is 6.92 Å². The Kier molecular flexibility index (Phi) is 5.01. The molecule has 1 N–H and O–H groups in total. The Hall–Kier alpha value is -2.05. The van der Waals surface area contributed by atoms with Crippen molar-refractivity contribution in [1.29, 1.82) is 0 Å². The minimum Gasteiger partial charge on any atom is -0.339 e. The lowest BCUT2D eigenvalue weighted by Gasteiger charge is -2.15. The first kappa shape index (κ1) is 17.8. The fraction of sp³-hybridized carbons (Fsp3) is 0.278. The highest BCUT2D eigenvalue weighted by molar-refractivity contribution is 7.92. The van der Waals surface area contributed by atoms with E-state index in [0.717, 1.165) is 31.5 Å². The molecule has 0 aliphatic carbocycles. The molecular formula is C18H19ClN2O3S. The summed E-state index contributed by atoms with van der Waals surface area (Å²) in [5, 5.41) is 0.454. The fourth-order valence-corrected chi connectivity index (χ4v) is 4.08. The number of nitrogens with zero attached hydrogens (tertiary/aromatic N) is 1. The molecule has 25 heavy (non-hydrogen) atoms. The molecule has 0 atom stereocenters. The number of carbonyl (C=O) groups excluding carboxylic acids is 1. The Morgan fingerprint density at radius 3 is 2.36 bits per heavy atom. The average Bonchev–Trinajstić information content (AvgIpc) is 3.12. The van der Waals surface area contributed by atoms with E-state index in [1.165, 1.54) is 12.1 Å². The van der Waals surface area contributed by atoms with Gasteiger partial charge in [-0.1, -0.05) is 17.7 Å². The smallest absolute Gasteiger partial charge is 0.261 e. The van der Waals surface area contributed by atoms with Crippen LogP contribution in [0.25, 0.3) is 0 Å². The summed E-state index contributed by atoms with van der Waals surface area (Å²) in [6, 6.07) is 11.0. The van der Waals surface area contributed by atoms with Gasteiger partial charge in [-0.2, -0.15) is 0 Å². The van der Waals surface area contributed by atoms with Gasteiger partial charge in [-0.05, 0) is 61.7 Å². The van der Waals surface area contributed by atoms with Crippen molar-refractivity contribution in [2.24, 2.45) is 0 Å². The van der Waals surface area contributed by atoms with E-state index < -0.39 is 10.0 Å². The molecule has 3 rings (SSSR count). The molecule has 7 heteroatoms. The van der Waals surface area contributed by atoms with E-state index in [2.05, 4.69) is 4.72 Å². The summed E-state index contributed by atoms with van der Waals surface area (Å²) in [5.41, 5.74) is 1.71. The standard InChI is InChI=1S/C18H19ClN2O3S/c1-13-4-7-15(19)12-17(13)20-25(23,24)16-8-5-14(6-9-16)18(22)21-10-2-3-11-21/h4-9,12,20H,2-3,10-11H2,1H3. The Bertz CT molecular complexity index is 889. The molecule has 0 radical (unpaired) electrons.